The molecule has 2 aromatic rings. The van der Waals surface area contributed by atoms with Gasteiger partial charge in [-0.2, -0.15) is 5.26 Å². The highest BCUT2D eigenvalue weighted by Gasteiger charge is 2.24. The summed E-state index contributed by atoms with van der Waals surface area (Å²) in [6.45, 7) is 10.8. The molecule has 0 aliphatic carbocycles. The van der Waals surface area contributed by atoms with Gasteiger partial charge in [0.15, 0.2) is 0 Å². The van der Waals surface area contributed by atoms with Crippen molar-refractivity contribution in [3.05, 3.63) is 29.6 Å². The van der Waals surface area contributed by atoms with Gasteiger partial charge in [-0.05, 0) is 32.0 Å². The quantitative estimate of drug-likeness (QED) is 0.762. The van der Waals surface area contributed by atoms with E-state index < -0.39 is 0 Å². The molecule has 0 unspecified atom stereocenters. The van der Waals surface area contributed by atoms with Crippen LogP contribution in [-0.4, -0.2) is 9.55 Å². The molecule has 0 aliphatic rings. The summed E-state index contributed by atoms with van der Waals surface area (Å²) >= 11 is 0. The van der Waals surface area contributed by atoms with E-state index in [1.807, 2.05) is 18.2 Å². The topological polar surface area (TPSA) is 41.6 Å². The number of fused-ring (bicyclic) bond motifs is 1. The number of hydrogen-bond donors (Lipinski definition) is 0. The van der Waals surface area contributed by atoms with E-state index in [0.29, 0.717) is 11.6 Å². The number of aromatic nitrogens is 2. The van der Waals surface area contributed by atoms with E-state index in [4.69, 9.17) is 10.2 Å². The Labute approximate surface area is 108 Å². The highest BCUT2D eigenvalue weighted by Crippen LogP contribution is 2.29. The summed E-state index contributed by atoms with van der Waals surface area (Å²) in [5.41, 5.74) is 2.67. The first kappa shape index (κ1) is 12.6. The molecule has 0 saturated heterocycles. The van der Waals surface area contributed by atoms with Gasteiger partial charge in [-0.3, -0.25) is 0 Å². The van der Waals surface area contributed by atoms with E-state index in [2.05, 4.69) is 45.3 Å². The minimum atomic E-state index is -0.00387. The monoisotopic (exact) mass is 241 g/mol. The normalized spacial score (nSPS) is 12.1. The van der Waals surface area contributed by atoms with Crippen LogP contribution in [-0.2, 0) is 5.41 Å². The third-order valence-corrected chi connectivity index (χ3v) is 3.01. The summed E-state index contributed by atoms with van der Waals surface area (Å²) < 4.78 is 2.26. The Morgan fingerprint density at radius 1 is 1.28 bits per heavy atom. The number of imidazole rings is 1. The Morgan fingerprint density at radius 2 is 1.94 bits per heavy atom. The van der Waals surface area contributed by atoms with E-state index in [1.54, 1.807) is 0 Å². The lowest BCUT2D eigenvalue weighted by atomic mass is 9.95. The summed E-state index contributed by atoms with van der Waals surface area (Å²) in [6, 6.07) is 8.24. The summed E-state index contributed by atoms with van der Waals surface area (Å²) in [5, 5.41) is 8.96. The fraction of sp³-hybridized carbons (Fsp3) is 0.467. The third-order valence-electron chi connectivity index (χ3n) is 3.01. The lowest BCUT2D eigenvalue weighted by Crippen LogP contribution is -2.20. The van der Waals surface area contributed by atoms with Crippen LogP contribution in [0.4, 0.5) is 0 Å². The van der Waals surface area contributed by atoms with Crippen LogP contribution in [0.3, 0.4) is 0 Å². The first-order chi connectivity index (χ1) is 8.34. The van der Waals surface area contributed by atoms with E-state index in [0.717, 1.165) is 16.9 Å². The van der Waals surface area contributed by atoms with Crippen molar-refractivity contribution >= 4 is 11.0 Å². The maximum absolute atomic E-state index is 8.96. The molecular weight excluding hydrogens is 222 g/mol. The molecule has 2 rings (SSSR count). The molecule has 3 heteroatoms. The lowest BCUT2D eigenvalue weighted by Gasteiger charge is -2.22. The number of benzene rings is 1. The van der Waals surface area contributed by atoms with Gasteiger partial charge in [-0.15, -0.1) is 0 Å². The zero-order chi connectivity index (χ0) is 13.5. The van der Waals surface area contributed by atoms with Crippen molar-refractivity contribution in [1.82, 2.24) is 9.55 Å². The van der Waals surface area contributed by atoms with E-state index in [9.17, 15) is 0 Å². The fourth-order valence-corrected chi connectivity index (χ4v) is 2.22. The van der Waals surface area contributed by atoms with Crippen molar-refractivity contribution in [2.45, 2.75) is 46.1 Å². The average Bonchev–Trinajstić information content (AvgIpc) is 2.66. The molecular formula is C15H19N3. The second-order valence-electron chi connectivity index (χ2n) is 5.96. The Hall–Kier alpha value is -1.82. The van der Waals surface area contributed by atoms with Crippen LogP contribution in [0.15, 0.2) is 18.2 Å². The molecule has 0 radical (unpaired) electrons. The summed E-state index contributed by atoms with van der Waals surface area (Å²) in [7, 11) is 0. The smallest absolute Gasteiger partial charge is 0.115 e. The highest BCUT2D eigenvalue weighted by atomic mass is 15.1. The van der Waals surface area contributed by atoms with Crippen LogP contribution in [0, 0.1) is 11.3 Å². The van der Waals surface area contributed by atoms with Gasteiger partial charge in [-0.1, -0.05) is 20.8 Å². The first-order valence-electron chi connectivity index (χ1n) is 6.27. The first-order valence-corrected chi connectivity index (χ1v) is 6.27. The van der Waals surface area contributed by atoms with Crippen molar-refractivity contribution in [3.8, 4) is 6.07 Å². The van der Waals surface area contributed by atoms with Crippen molar-refractivity contribution in [3.63, 3.8) is 0 Å². The van der Waals surface area contributed by atoms with Gasteiger partial charge in [0, 0.05) is 11.5 Å². The van der Waals surface area contributed by atoms with E-state index in [1.165, 1.54) is 0 Å². The van der Waals surface area contributed by atoms with Gasteiger partial charge in [0.2, 0.25) is 0 Å². The highest BCUT2D eigenvalue weighted by molar-refractivity contribution is 5.78. The Balaban J connectivity index is 2.80. The molecule has 0 atom stereocenters. The van der Waals surface area contributed by atoms with Gasteiger partial charge in [0.1, 0.15) is 5.82 Å². The maximum atomic E-state index is 8.96. The van der Waals surface area contributed by atoms with Gasteiger partial charge >= 0.3 is 0 Å². The third kappa shape index (κ3) is 1.99. The Bertz CT molecular complexity index is 621. The van der Waals surface area contributed by atoms with Crippen molar-refractivity contribution in [2.75, 3.05) is 0 Å². The summed E-state index contributed by atoms with van der Waals surface area (Å²) in [5.74, 6) is 1.07. The zero-order valence-corrected chi connectivity index (χ0v) is 11.7. The van der Waals surface area contributed by atoms with Crippen LogP contribution < -0.4 is 0 Å². The molecule has 0 saturated carbocycles. The largest absolute Gasteiger partial charge is 0.325 e. The van der Waals surface area contributed by atoms with Gasteiger partial charge in [0.25, 0.3) is 0 Å². The number of rotatable bonds is 1. The minimum Gasteiger partial charge on any atom is -0.325 e. The molecule has 0 aliphatic heterocycles. The van der Waals surface area contributed by atoms with Crippen LogP contribution >= 0.6 is 0 Å². The predicted molar refractivity (Wildman–Crippen MR) is 73.5 cm³/mol. The molecule has 1 aromatic carbocycles. The Kier molecular flexibility index (Phi) is 2.90. The van der Waals surface area contributed by atoms with Crippen LogP contribution in [0.5, 0.6) is 0 Å². The maximum Gasteiger partial charge on any atom is 0.115 e. The molecule has 94 valence electrons. The molecule has 0 bridgehead atoms. The van der Waals surface area contributed by atoms with Gasteiger partial charge < -0.3 is 4.57 Å². The van der Waals surface area contributed by atoms with Gasteiger partial charge in [0.05, 0.1) is 22.7 Å². The zero-order valence-electron chi connectivity index (χ0n) is 11.7. The van der Waals surface area contributed by atoms with Crippen molar-refractivity contribution in [2.24, 2.45) is 0 Å². The molecule has 18 heavy (non-hydrogen) atoms. The van der Waals surface area contributed by atoms with Crippen molar-refractivity contribution < 1.29 is 0 Å². The SMILES string of the molecule is CC(C)n1c(C(C)(C)C)nc2cc(C#N)ccc21. The summed E-state index contributed by atoms with van der Waals surface area (Å²) in [6.07, 6.45) is 0. The van der Waals surface area contributed by atoms with Crippen LogP contribution in [0.1, 0.15) is 52.0 Å². The van der Waals surface area contributed by atoms with E-state index in [-0.39, 0.29) is 5.41 Å². The second kappa shape index (κ2) is 4.13. The Morgan fingerprint density at radius 3 is 2.44 bits per heavy atom. The van der Waals surface area contributed by atoms with Crippen LogP contribution in [0.25, 0.3) is 11.0 Å². The molecule has 3 nitrogen and oxygen atoms in total. The fourth-order valence-electron chi connectivity index (χ4n) is 2.22. The predicted octanol–water partition coefficient (Wildman–Crippen LogP) is 3.79. The van der Waals surface area contributed by atoms with Crippen molar-refractivity contribution in [1.29, 1.82) is 5.26 Å². The molecule has 0 amide bonds. The number of hydrogen-bond acceptors (Lipinski definition) is 2. The molecule has 1 heterocycles. The number of nitriles is 1. The number of nitrogens with zero attached hydrogens (tertiary/aromatic N) is 3. The lowest BCUT2D eigenvalue weighted by molar-refractivity contribution is 0.477. The molecule has 1 aromatic heterocycles. The summed E-state index contributed by atoms with van der Waals surface area (Å²) in [4.78, 5) is 4.73. The van der Waals surface area contributed by atoms with E-state index >= 15 is 0 Å². The van der Waals surface area contributed by atoms with Crippen LogP contribution in [0.2, 0.25) is 0 Å². The average molecular weight is 241 g/mol. The molecule has 0 fully saturated rings. The standard InChI is InChI=1S/C15H19N3/c1-10(2)18-13-7-6-11(9-16)8-12(13)17-14(18)15(3,4)5/h6-8,10H,1-5H3. The second-order valence-corrected chi connectivity index (χ2v) is 5.96. The minimum absolute atomic E-state index is 0.00387. The van der Waals surface area contributed by atoms with Gasteiger partial charge in [-0.25, -0.2) is 4.98 Å². The molecule has 0 spiro atoms. The molecule has 0 N–H and O–H groups in total.